The van der Waals surface area contributed by atoms with Gasteiger partial charge in [0.2, 0.25) is 0 Å². The first-order chi connectivity index (χ1) is 11.6. The van der Waals surface area contributed by atoms with Crippen LogP contribution in [0, 0.1) is 5.82 Å². The van der Waals surface area contributed by atoms with E-state index in [1.807, 2.05) is 6.08 Å². The molecule has 2 rings (SSSR count). The number of hydrogen-bond donors (Lipinski definition) is 2. The predicted molar refractivity (Wildman–Crippen MR) is 115 cm³/mol. The summed E-state index contributed by atoms with van der Waals surface area (Å²) < 4.78 is 13.1. The Kier molecular flexibility index (Phi) is 10.4. The normalized spacial score (nSPS) is 16.2. The van der Waals surface area contributed by atoms with Crippen LogP contribution in [0.15, 0.2) is 35.8 Å². The minimum absolute atomic E-state index is 0. The molecule has 2 N–H and O–H groups in total. The van der Waals surface area contributed by atoms with E-state index >= 15 is 0 Å². The second kappa shape index (κ2) is 11.7. The average Bonchev–Trinajstić information content (AvgIpc) is 2.57. The molecule has 0 aliphatic carbocycles. The molecule has 1 saturated heterocycles. The molecule has 4 nitrogen and oxygen atoms in total. The van der Waals surface area contributed by atoms with Gasteiger partial charge in [-0.15, -0.1) is 30.6 Å². The van der Waals surface area contributed by atoms with Gasteiger partial charge >= 0.3 is 0 Å². The van der Waals surface area contributed by atoms with Gasteiger partial charge in [-0.1, -0.05) is 23.7 Å². The van der Waals surface area contributed by atoms with Gasteiger partial charge in [-0.3, -0.25) is 9.89 Å². The highest BCUT2D eigenvalue weighted by Gasteiger charge is 2.18. The first-order valence-electron chi connectivity index (χ1n) is 8.36. The van der Waals surface area contributed by atoms with Crippen LogP contribution in [0.25, 0.3) is 0 Å². The van der Waals surface area contributed by atoms with E-state index in [4.69, 9.17) is 11.6 Å². The zero-order valence-electron chi connectivity index (χ0n) is 14.6. The van der Waals surface area contributed by atoms with Crippen molar-refractivity contribution in [3.63, 3.8) is 0 Å². The summed E-state index contributed by atoms with van der Waals surface area (Å²) in [6, 6.07) is 4.95. The van der Waals surface area contributed by atoms with Crippen molar-refractivity contribution in [2.45, 2.75) is 25.3 Å². The molecule has 140 valence electrons. The van der Waals surface area contributed by atoms with Gasteiger partial charge in [-0.25, -0.2) is 4.39 Å². The third-order valence-corrected chi connectivity index (χ3v) is 4.59. The van der Waals surface area contributed by atoms with Crippen LogP contribution in [0.3, 0.4) is 0 Å². The molecule has 25 heavy (non-hydrogen) atoms. The number of benzene rings is 1. The van der Waals surface area contributed by atoms with Crippen LogP contribution in [0.5, 0.6) is 0 Å². The lowest BCUT2D eigenvalue weighted by Crippen LogP contribution is -2.49. The molecule has 0 amide bonds. The molecule has 0 atom stereocenters. The number of hydrogen-bond acceptors (Lipinski definition) is 2. The van der Waals surface area contributed by atoms with Crippen molar-refractivity contribution in [3.05, 3.63) is 47.3 Å². The number of guanidine groups is 1. The Balaban J connectivity index is 0.00000312. The molecule has 0 unspecified atom stereocenters. The average molecular weight is 481 g/mol. The van der Waals surface area contributed by atoms with Gasteiger partial charge in [0.25, 0.3) is 0 Å². The van der Waals surface area contributed by atoms with Gasteiger partial charge in [0, 0.05) is 44.3 Å². The maximum Gasteiger partial charge on any atom is 0.191 e. The molecule has 1 aliphatic rings. The van der Waals surface area contributed by atoms with Crippen molar-refractivity contribution in [1.29, 1.82) is 0 Å². The molecule has 1 aromatic rings. The molecular formula is C18H27ClFIN4. The van der Waals surface area contributed by atoms with Crippen molar-refractivity contribution < 1.29 is 4.39 Å². The summed E-state index contributed by atoms with van der Waals surface area (Å²) in [5.74, 6) is 0.493. The molecule has 0 saturated carbocycles. The van der Waals surface area contributed by atoms with Gasteiger partial charge < -0.3 is 10.6 Å². The topological polar surface area (TPSA) is 39.7 Å². The number of aliphatic imine (C=N–C) groups is 1. The lowest BCUT2D eigenvalue weighted by atomic mass is 10.1. The fourth-order valence-electron chi connectivity index (χ4n) is 2.87. The minimum Gasteiger partial charge on any atom is -0.356 e. The molecule has 0 spiro atoms. The zero-order valence-corrected chi connectivity index (χ0v) is 17.7. The van der Waals surface area contributed by atoms with Crippen molar-refractivity contribution >= 4 is 41.5 Å². The van der Waals surface area contributed by atoms with Crippen LogP contribution in [-0.2, 0) is 6.42 Å². The zero-order chi connectivity index (χ0) is 17.4. The first kappa shape index (κ1) is 22.2. The second-order valence-electron chi connectivity index (χ2n) is 5.99. The largest absolute Gasteiger partial charge is 0.356 e. The third-order valence-electron chi connectivity index (χ3n) is 4.24. The van der Waals surface area contributed by atoms with Gasteiger partial charge in [0.05, 0.1) is 0 Å². The van der Waals surface area contributed by atoms with E-state index < -0.39 is 0 Å². The Labute approximate surface area is 171 Å². The Morgan fingerprint density at radius 1 is 1.44 bits per heavy atom. The minimum atomic E-state index is -0.308. The molecule has 1 fully saturated rings. The standard InChI is InChI=1S/C18H26ClFN4.HI/c1-3-10-24-11-7-16(8-12-24)23-18(21-2)22-9-6-14-4-5-15(20)13-17(14)19;/h3-5,13,16H,1,6-12H2,2H3,(H2,21,22,23);1H. The molecule has 1 aromatic carbocycles. The molecule has 1 heterocycles. The van der Waals surface area contributed by atoms with Gasteiger partial charge in [-0.2, -0.15) is 0 Å². The Bertz CT molecular complexity index is 574. The van der Waals surface area contributed by atoms with E-state index in [-0.39, 0.29) is 29.8 Å². The van der Waals surface area contributed by atoms with Crippen LogP contribution >= 0.6 is 35.6 Å². The number of nitrogens with zero attached hydrogens (tertiary/aromatic N) is 2. The summed E-state index contributed by atoms with van der Waals surface area (Å²) >= 11 is 6.05. The number of piperidine rings is 1. The summed E-state index contributed by atoms with van der Waals surface area (Å²) in [6.07, 6.45) is 4.86. The molecule has 0 aromatic heterocycles. The monoisotopic (exact) mass is 480 g/mol. The van der Waals surface area contributed by atoms with Gasteiger partial charge in [-0.05, 0) is 37.0 Å². The van der Waals surface area contributed by atoms with Crippen LogP contribution < -0.4 is 10.6 Å². The van der Waals surface area contributed by atoms with Crippen molar-refractivity contribution in [2.24, 2.45) is 4.99 Å². The maximum absolute atomic E-state index is 13.1. The molecule has 7 heteroatoms. The van der Waals surface area contributed by atoms with Crippen LogP contribution in [0.1, 0.15) is 18.4 Å². The fourth-order valence-corrected chi connectivity index (χ4v) is 3.13. The molecule has 1 aliphatic heterocycles. The lowest BCUT2D eigenvalue weighted by molar-refractivity contribution is 0.225. The number of halogens is 3. The van der Waals surface area contributed by atoms with E-state index in [0.717, 1.165) is 50.4 Å². The maximum atomic E-state index is 13.1. The number of likely N-dealkylation sites (tertiary alicyclic amines) is 1. The number of nitrogens with one attached hydrogen (secondary N) is 2. The van der Waals surface area contributed by atoms with Crippen LogP contribution in [0.2, 0.25) is 5.02 Å². The second-order valence-corrected chi connectivity index (χ2v) is 6.40. The highest BCUT2D eigenvalue weighted by Crippen LogP contribution is 2.17. The summed E-state index contributed by atoms with van der Waals surface area (Å²) in [7, 11) is 1.77. The van der Waals surface area contributed by atoms with E-state index in [0.29, 0.717) is 17.6 Å². The fraction of sp³-hybridized carbons (Fsp3) is 0.500. The predicted octanol–water partition coefficient (Wildman–Crippen LogP) is 3.46. The third kappa shape index (κ3) is 7.50. The Morgan fingerprint density at radius 2 is 2.16 bits per heavy atom. The highest BCUT2D eigenvalue weighted by atomic mass is 127. The summed E-state index contributed by atoms with van der Waals surface area (Å²) in [5.41, 5.74) is 0.929. The molecule has 0 bridgehead atoms. The lowest BCUT2D eigenvalue weighted by Gasteiger charge is -2.32. The summed E-state index contributed by atoms with van der Waals surface area (Å²) in [4.78, 5) is 6.68. The van der Waals surface area contributed by atoms with Gasteiger partial charge in [0.15, 0.2) is 5.96 Å². The first-order valence-corrected chi connectivity index (χ1v) is 8.74. The Morgan fingerprint density at radius 3 is 2.76 bits per heavy atom. The van der Waals surface area contributed by atoms with E-state index in [1.165, 1.54) is 12.1 Å². The van der Waals surface area contributed by atoms with Crippen LogP contribution in [-0.4, -0.2) is 50.1 Å². The Hall–Kier alpha value is -0.860. The van der Waals surface area contributed by atoms with E-state index in [9.17, 15) is 4.39 Å². The summed E-state index contributed by atoms with van der Waals surface area (Å²) in [6.45, 7) is 7.59. The molecule has 0 radical (unpaired) electrons. The van der Waals surface area contributed by atoms with E-state index in [1.54, 1.807) is 13.1 Å². The van der Waals surface area contributed by atoms with Crippen molar-refractivity contribution in [3.8, 4) is 0 Å². The SMILES string of the molecule is C=CCN1CCC(NC(=NC)NCCc2ccc(F)cc2Cl)CC1.I. The van der Waals surface area contributed by atoms with Gasteiger partial charge in [0.1, 0.15) is 5.82 Å². The highest BCUT2D eigenvalue weighted by molar-refractivity contribution is 14.0. The summed E-state index contributed by atoms with van der Waals surface area (Å²) in [5, 5.41) is 7.24. The van der Waals surface area contributed by atoms with Crippen molar-refractivity contribution in [1.82, 2.24) is 15.5 Å². The van der Waals surface area contributed by atoms with Crippen molar-refractivity contribution in [2.75, 3.05) is 33.2 Å². The quantitative estimate of drug-likeness (QED) is 0.284. The molecular weight excluding hydrogens is 454 g/mol. The number of rotatable bonds is 6. The van der Waals surface area contributed by atoms with Crippen LogP contribution in [0.4, 0.5) is 4.39 Å². The van der Waals surface area contributed by atoms with E-state index in [2.05, 4.69) is 27.1 Å². The smallest absolute Gasteiger partial charge is 0.191 e.